The van der Waals surface area contributed by atoms with Crippen molar-refractivity contribution in [3.8, 4) is 11.3 Å². The molecule has 2 bridgehead atoms. The zero-order valence-corrected chi connectivity index (χ0v) is 19.4. The van der Waals surface area contributed by atoms with Gasteiger partial charge in [-0.25, -0.2) is 0 Å². The van der Waals surface area contributed by atoms with Gasteiger partial charge in [-0.15, -0.1) is 0 Å². The second kappa shape index (κ2) is 7.83. The van der Waals surface area contributed by atoms with E-state index in [2.05, 4.69) is 29.4 Å². The van der Waals surface area contributed by atoms with Gasteiger partial charge in [0, 0.05) is 29.5 Å². The summed E-state index contributed by atoms with van der Waals surface area (Å²) in [4.78, 5) is 37.8. The Morgan fingerprint density at radius 1 is 0.784 bits per heavy atom. The lowest BCUT2D eigenvalue weighted by Gasteiger charge is -2.45. The number of furan rings is 1. The van der Waals surface area contributed by atoms with Crippen LogP contribution in [0.5, 0.6) is 0 Å². The van der Waals surface area contributed by atoms with Crippen molar-refractivity contribution in [2.75, 3.05) is 0 Å². The number of carbonyl (C=O) groups is 2. The van der Waals surface area contributed by atoms with Gasteiger partial charge in [0.05, 0.1) is 23.0 Å². The molecule has 4 aliphatic rings. The summed E-state index contributed by atoms with van der Waals surface area (Å²) in [5, 5.41) is 16.3. The number of nitro groups is 1. The number of imide groups is 1. The lowest BCUT2D eigenvalue weighted by atomic mass is 9.55. The number of benzene rings is 3. The van der Waals surface area contributed by atoms with E-state index in [-0.39, 0.29) is 29.3 Å². The molecular formula is C29H19N3O5. The second-order valence-electron chi connectivity index (χ2n) is 9.51. The maximum Gasteiger partial charge on any atom is 0.270 e. The summed E-state index contributed by atoms with van der Waals surface area (Å²) in [6, 6.07) is 25.6. The quantitative estimate of drug-likeness (QED) is 0.172. The van der Waals surface area contributed by atoms with Crippen molar-refractivity contribution in [2.24, 2.45) is 16.9 Å². The fourth-order valence-electron chi connectivity index (χ4n) is 6.24. The summed E-state index contributed by atoms with van der Waals surface area (Å²) in [7, 11) is 0. The van der Waals surface area contributed by atoms with E-state index < -0.39 is 16.8 Å². The molecule has 0 saturated carbocycles. The van der Waals surface area contributed by atoms with Crippen LogP contribution in [0.3, 0.4) is 0 Å². The third kappa shape index (κ3) is 3.05. The van der Waals surface area contributed by atoms with Gasteiger partial charge in [-0.05, 0) is 34.4 Å². The number of hydrogen-bond acceptors (Lipinski definition) is 6. The third-order valence-electron chi connectivity index (χ3n) is 7.69. The molecule has 3 aliphatic carbocycles. The van der Waals surface area contributed by atoms with Gasteiger partial charge in [-0.2, -0.15) is 10.1 Å². The molecule has 8 nitrogen and oxygen atoms in total. The summed E-state index contributed by atoms with van der Waals surface area (Å²) in [5.41, 5.74) is 4.91. The number of carbonyl (C=O) groups excluding carboxylic acids is 2. The SMILES string of the molecule is O=C1[C@H]2C3c4ccccc4C(c4ccccc43)[C@@H]2C(=O)N1/N=C\c1ccc(-c2cccc([N+](=O)[O-])c2)o1. The zero-order valence-electron chi connectivity index (χ0n) is 19.4. The highest BCUT2D eigenvalue weighted by molar-refractivity contribution is 6.08. The molecule has 2 amide bonds. The average molecular weight is 489 g/mol. The van der Waals surface area contributed by atoms with Gasteiger partial charge in [-0.1, -0.05) is 60.7 Å². The first-order valence-electron chi connectivity index (χ1n) is 12.0. The Kier molecular flexibility index (Phi) is 4.53. The average Bonchev–Trinajstić information content (AvgIpc) is 3.50. The van der Waals surface area contributed by atoms with E-state index in [1.165, 1.54) is 18.3 Å². The highest BCUT2D eigenvalue weighted by atomic mass is 16.6. The predicted molar refractivity (Wildman–Crippen MR) is 134 cm³/mol. The topological polar surface area (TPSA) is 106 Å². The van der Waals surface area contributed by atoms with Crippen LogP contribution >= 0.6 is 0 Å². The summed E-state index contributed by atoms with van der Waals surface area (Å²) in [6.07, 6.45) is 1.34. The molecule has 3 aromatic carbocycles. The zero-order chi connectivity index (χ0) is 25.3. The third-order valence-corrected chi connectivity index (χ3v) is 7.69. The molecule has 2 atom stereocenters. The lowest BCUT2D eigenvalue weighted by Crippen LogP contribution is -2.41. The van der Waals surface area contributed by atoms with Crippen molar-refractivity contribution in [2.45, 2.75) is 11.8 Å². The van der Waals surface area contributed by atoms with Gasteiger partial charge in [0.25, 0.3) is 17.5 Å². The van der Waals surface area contributed by atoms with Crippen LogP contribution in [0.1, 0.15) is 39.8 Å². The Morgan fingerprint density at radius 3 is 1.89 bits per heavy atom. The van der Waals surface area contributed by atoms with Crippen molar-refractivity contribution in [3.63, 3.8) is 0 Å². The van der Waals surface area contributed by atoms with Gasteiger partial charge < -0.3 is 4.42 Å². The van der Waals surface area contributed by atoms with E-state index in [1.54, 1.807) is 24.3 Å². The molecule has 1 aliphatic heterocycles. The maximum absolute atomic E-state index is 13.6. The van der Waals surface area contributed by atoms with Crippen LogP contribution in [0.4, 0.5) is 5.69 Å². The first kappa shape index (κ1) is 21.4. The van der Waals surface area contributed by atoms with Gasteiger partial charge in [-0.3, -0.25) is 19.7 Å². The summed E-state index contributed by atoms with van der Waals surface area (Å²) >= 11 is 0. The van der Waals surface area contributed by atoms with Crippen LogP contribution < -0.4 is 0 Å². The fourth-order valence-corrected chi connectivity index (χ4v) is 6.24. The lowest BCUT2D eigenvalue weighted by molar-refractivity contribution is -0.384. The van der Waals surface area contributed by atoms with E-state index in [9.17, 15) is 19.7 Å². The maximum atomic E-state index is 13.6. The van der Waals surface area contributed by atoms with E-state index in [0.29, 0.717) is 17.1 Å². The molecule has 2 heterocycles. The Balaban J connectivity index is 1.21. The molecule has 8 rings (SSSR count). The van der Waals surface area contributed by atoms with Crippen molar-refractivity contribution in [3.05, 3.63) is 123 Å². The highest BCUT2D eigenvalue weighted by Crippen LogP contribution is 2.60. The molecule has 8 heteroatoms. The van der Waals surface area contributed by atoms with Crippen LogP contribution in [0.15, 0.2) is 94.4 Å². The molecule has 1 aromatic heterocycles. The number of non-ortho nitro benzene ring substituents is 1. The Bertz CT molecular complexity index is 1540. The largest absolute Gasteiger partial charge is 0.455 e. The van der Waals surface area contributed by atoms with Crippen molar-refractivity contribution < 1.29 is 18.9 Å². The molecular weight excluding hydrogens is 470 g/mol. The van der Waals surface area contributed by atoms with E-state index >= 15 is 0 Å². The number of hydrazone groups is 1. The number of amides is 2. The molecule has 0 spiro atoms. The van der Waals surface area contributed by atoms with Gasteiger partial charge in [0.15, 0.2) is 0 Å². The van der Waals surface area contributed by atoms with Gasteiger partial charge >= 0.3 is 0 Å². The minimum absolute atomic E-state index is 0.0448. The van der Waals surface area contributed by atoms with E-state index in [4.69, 9.17) is 4.42 Å². The van der Waals surface area contributed by atoms with Crippen LogP contribution in [-0.4, -0.2) is 28.0 Å². The molecule has 1 fully saturated rings. The molecule has 1 saturated heterocycles. The molecule has 4 aromatic rings. The van der Waals surface area contributed by atoms with Crippen molar-refractivity contribution in [1.29, 1.82) is 0 Å². The molecule has 180 valence electrons. The van der Waals surface area contributed by atoms with Gasteiger partial charge in [0.2, 0.25) is 0 Å². The second-order valence-corrected chi connectivity index (χ2v) is 9.51. The van der Waals surface area contributed by atoms with Crippen LogP contribution in [0.2, 0.25) is 0 Å². The number of hydrogen-bond donors (Lipinski definition) is 0. The van der Waals surface area contributed by atoms with E-state index in [0.717, 1.165) is 27.3 Å². The molecule has 0 N–H and O–H groups in total. The summed E-state index contributed by atoms with van der Waals surface area (Å²) in [6.45, 7) is 0. The van der Waals surface area contributed by atoms with Crippen LogP contribution in [-0.2, 0) is 9.59 Å². The number of nitro benzene ring substituents is 1. The standard InChI is InChI=1S/C29H19N3O5/c33-28-26-24-19-8-1-2-9-20(19)25(22-11-4-3-10-21(22)24)27(26)29(34)31(28)30-15-18-12-13-23(37-18)16-6-5-7-17(14-16)32(35)36/h1-15,24-27H/b30-15-/t24?,25?,26-,27-/m0/s1. The van der Waals surface area contributed by atoms with Crippen LogP contribution in [0.25, 0.3) is 11.3 Å². The first-order chi connectivity index (χ1) is 18.0. The van der Waals surface area contributed by atoms with Gasteiger partial charge in [0.1, 0.15) is 11.5 Å². The predicted octanol–water partition coefficient (Wildman–Crippen LogP) is 5.08. The Labute approximate surface area is 211 Å². The van der Waals surface area contributed by atoms with Crippen LogP contribution in [0, 0.1) is 22.0 Å². The highest BCUT2D eigenvalue weighted by Gasteiger charge is 2.61. The fraction of sp³-hybridized carbons (Fsp3) is 0.138. The summed E-state index contributed by atoms with van der Waals surface area (Å²) in [5.74, 6) is -1.26. The Morgan fingerprint density at radius 2 is 1.35 bits per heavy atom. The monoisotopic (exact) mass is 489 g/mol. The normalized spacial score (nSPS) is 23.3. The van der Waals surface area contributed by atoms with E-state index in [1.807, 2.05) is 24.3 Å². The van der Waals surface area contributed by atoms with Crippen molar-refractivity contribution in [1.82, 2.24) is 5.01 Å². The molecule has 0 unspecified atom stereocenters. The minimum Gasteiger partial charge on any atom is -0.455 e. The minimum atomic E-state index is -0.503. The molecule has 37 heavy (non-hydrogen) atoms. The van der Waals surface area contributed by atoms with Crippen molar-refractivity contribution >= 4 is 23.7 Å². The smallest absolute Gasteiger partial charge is 0.270 e. The first-order valence-corrected chi connectivity index (χ1v) is 12.0. The number of nitrogens with zero attached hydrogens (tertiary/aromatic N) is 3. The molecule has 0 radical (unpaired) electrons. The number of rotatable bonds is 4. The summed E-state index contributed by atoms with van der Waals surface area (Å²) < 4.78 is 5.79. The Hall–Kier alpha value is -4.85.